The van der Waals surface area contributed by atoms with E-state index >= 15 is 0 Å². The van der Waals surface area contributed by atoms with Gasteiger partial charge in [0.25, 0.3) is 0 Å². The predicted octanol–water partition coefficient (Wildman–Crippen LogP) is 4.08. The summed E-state index contributed by atoms with van der Waals surface area (Å²) < 4.78 is 0. The molecule has 0 amide bonds. The molecule has 2 aromatic carbocycles. The van der Waals surface area contributed by atoms with E-state index in [0.29, 0.717) is 0 Å². The third-order valence-electron chi connectivity index (χ3n) is 4.62. The summed E-state index contributed by atoms with van der Waals surface area (Å²) in [6, 6.07) is 19.2. The minimum atomic E-state index is 0.213. The summed E-state index contributed by atoms with van der Waals surface area (Å²) in [6.45, 7) is 1.66. The number of rotatable bonds is 6. The molecule has 2 N–H and O–H groups in total. The third-order valence-corrected chi connectivity index (χ3v) is 4.62. The largest absolute Gasteiger partial charge is 0.384 e. The van der Waals surface area contributed by atoms with Crippen LogP contribution in [0.1, 0.15) is 17.5 Å². The van der Waals surface area contributed by atoms with Crippen LogP contribution in [-0.4, -0.2) is 18.6 Å². The molecule has 0 spiro atoms. The molecule has 1 aliphatic carbocycles. The molecule has 0 radical (unpaired) electrons. The van der Waals surface area contributed by atoms with Gasteiger partial charge in [0.05, 0.1) is 6.04 Å². The van der Waals surface area contributed by atoms with Gasteiger partial charge < -0.3 is 10.6 Å². The molecule has 2 aliphatic rings. The van der Waals surface area contributed by atoms with Crippen molar-refractivity contribution in [2.24, 2.45) is 9.98 Å². The van der Waals surface area contributed by atoms with Crippen LogP contribution in [-0.2, 0) is 13.1 Å². The lowest BCUT2D eigenvalue weighted by molar-refractivity contribution is 0.684. The Morgan fingerprint density at radius 1 is 0.846 bits per heavy atom. The molecule has 1 unspecified atom stereocenters. The second-order valence-electron chi connectivity index (χ2n) is 6.51. The quantitative estimate of drug-likeness (QED) is 0.831. The fourth-order valence-electron chi connectivity index (χ4n) is 3.10. The van der Waals surface area contributed by atoms with Gasteiger partial charge in [-0.25, -0.2) is 4.99 Å². The SMILES string of the molecule is C1=NC=NC2CC(NCc3ccc(NCc4ccccc4)cc3)=CC=C12. The lowest BCUT2D eigenvalue weighted by atomic mass is 9.97. The molecule has 4 heteroatoms. The van der Waals surface area contributed by atoms with Crippen LogP contribution in [0.25, 0.3) is 0 Å². The number of hydrogen-bond donors (Lipinski definition) is 2. The lowest BCUT2D eigenvalue weighted by Gasteiger charge is -2.22. The molecule has 2 aromatic rings. The van der Waals surface area contributed by atoms with E-state index in [2.05, 4.69) is 81.3 Å². The highest BCUT2D eigenvalue weighted by atomic mass is 14.9. The molecule has 130 valence electrons. The van der Waals surface area contributed by atoms with E-state index in [-0.39, 0.29) is 6.04 Å². The van der Waals surface area contributed by atoms with Gasteiger partial charge in [-0.15, -0.1) is 0 Å². The smallest absolute Gasteiger partial charge is 0.110 e. The van der Waals surface area contributed by atoms with Crippen molar-refractivity contribution in [1.82, 2.24) is 5.32 Å². The molecule has 1 aliphatic heterocycles. The van der Waals surface area contributed by atoms with Crippen molar-refractivity contribution < 1.29 is 0 Å². The van der Waals surface area contributed by atoms with Crippen LogP contribution in [0.15, 0.2) is 88.0 Å². The summed E-state index contributed by atoms with van der Waals surface area (Å²) in [4.78, 5) is 8.52. The number of nitrogens with zero attached hydrogens (tertiary/aromatic N) is 2. The summed E-state index contributed by atoms with van der Waals surface area (Å²) in [5.41, 5.74) is 6.09. The molecule has 0 aromatic heterocycles. The molecule has 26 heavy (non-hydrogen) atoms. The number of anilines is 1. The van der Waals surface area contributed by atoms with Crippen molar-refractivity contribution in [2.45, 2.75) is 25.6 Å². The van der Waals surface area contributed by atoms with Crippen LogP contribution in [0, 0.1) is 0 Å². The Bertz CT molecular complexity index is 861. The van der Waals surface area contributed by atoms with Crippen LogP contribution in [0.3, 0.4) is 0 Å². The highest BCUT2D eigenvalue weighted by molar-refractivity contribution is 5.89. The molecule has 0 fully saturated rings. The molecule has 1 atom stereocenters. The average molecular weight is 342 g/mol. The monoisotopic (exact) mass is 342 g/mol. The molecule has 4 rings (SSSR count). The lowest BCUT2D eigenvalue weighted by Crippen LogP contribution is -2.23. The van der Waals surface area contributed by atoms with Crippen molar-refractivity contribution in [3.63, 3.8) is 0 Å². The predicted molar refractivity (Wildman–Crippen MR) is 109 cm³/mol. The fraction of sp³-hybridized carbons (Fsp3) is 0.182. The first kappa shape index (κ1) is 16.3. The van der Waals surface area contributed by atoms with Gasteiger partial charge in [0.1, 0.15) is 6.34 Å². The molecule has 0 saturated carbocycles. The zero-order valence-corrected chi connectivity index (χ0v) is 14.6. The Morgan fingerprint density at radius 3 is 2.46 bits per heavy atom. The zero-order chi connectivity index (χ0) is 17.6. The highest BCUT2D eigenvalue weighted by Crippen LogP contribution is 2.21. The summed E-state index contributed by atoms with van der Waals surface area (Å²) >= 11 is 0. The summed E-state index contributed by atoms with van der Waals surface area (Å²) in [5.74, 6) is 0. The standard InChI is InChI=1S/C22H22N4/c1-2-4-17(5-3-1)13-24-20-9-6-18(7-10-20)14-25-21-11-8-19-15-23-16-26-22(19)12-21/h1-11,15-16,22,24-25H,12-14H2. The number of allylic oxidation sites excluding steroid dienone is 2. The van der Waals surface area contributed by atoms with Crippen molar-refractivity contribution in [2.75, 3.05) is 5.32 Å². The average Bonchev–Trinajstić information content (AvgIpc) is 2.72. The number of aliphatic imine (C=N–C) groups is 2. The van der Waals surface area contributed by atoms with Crippen LogP contribution in [0.2, 0.25) is 0 Å². The number of benzene rings is 2. The number of fused-ring (bicyclic) bond motifs is 1. The second kappa shape index (κ2) is 7.83. The first-order valence-electron chi connectivity index (χ1n) is 8.93. The van der Waals surface area contributed by atoms with Crippen LogP contribution in [0.4, 0.5) is 5.69 Å². The van der Waals surface area contributed by atoms with Gasteiger partial charge in [-0.1, -0.05) is 48.5 Å². The minimum Gasteiger partial charge on any atom is -0.384 e. The highest BCUT2D eigenvalue weighted by Gasteiger charge is 2.18. The van der Waals surface area contributed by atoms with Gasteiger partial charge in [0.2, 0.25) is 0 Å². The van der Waals surface area contributed by atoms with Gasteiger partial charge in [0, 0.05) is 37.1 Å². The van der Waals surface area contributed by atoms with E-state index in [1.807, 2.05) is 12.3 Å². The van der Waals surface area contributed by atoms with Gasteiger partial charge in [-0.2, -0.15) is 0 Å². The molecule has 0 bridgehead atoms. The van der Waals surface area contributed by atoms with Gasteiger partial charge in [-0.05, 0) is 34.9 Å². The third kappa shape index (κ3) is 4.09. The number of hydrogen-bond acceptors (Lipinski definition) is 4. The van der Waals surface area contributed by atoms with E-state index in [1.165, 1.54) is 22.4 Å². The van der Waals surface area contributed by atoms with E-state index < -0.39 is 0 Å². The topological polar surface area (TPSA) is 48.8 Å². The summed E-state index contributed by atoms with van der Waals surface area (Å²) in [5, 5.41) is 6.98. The van der Waals surface area contributed by atoms with Crippen molar-refractivity contribution in [1.29, 1.82) is 0 Å². The summed E-state index contributed by atoms with van der Waals surface area (Å²) in [6.07, 6.45) is 8.69. The van der Waals surface area contributed by atoms with Crippen LogP contribution >= 0.6 is 0 Å². The van der Waals surface area contributed by atoms with Crippen molar-refractivity contribution in [3.05, 3.63) is 89.1 Å². The van der Waals surface area contributed by atoms with E-state index in [1.54, 1.807) is 6.34 Å². The second-order valence-corrected chi connectivity index (χ2v) is 6.51. The van der Waals surface area contributed by atoms with Crippen molar-refractivity contribution in [3.8, 4) is 0 Å². The Hall–Kier alpha value is -3.14. The maximum atomic E-state index is 4.43. The minimum absolute atomic E-state index is 0.213. The number of nitrogens with one attached hydrogen (secondary N) is 2. The Kier molecular flexibility index (Phi) is 4.92. The zero-order valence-electron chi connectivity index (χ0n) is 14.6. The molecule has 1 heterocycles. The fourth-order valence-corrected chi connectivity index (χ4v) is 3.10. The molecular formula is C22H22N4. The Balaban J connectivity index is 1.29. The van der Waals surface area contributed by atoms with E-state index in [4.69, 9.17) is 0 Å². The van der Waals surface area contributed by atoms with E-state index in [9.17, 15) is 0 Å². The van der Waals surface area contributed by atoms with Crippen molar-refractivity contribution >= 4 is 18.2 Å². The molecule has 4 nitrogen and oxygen atoms in total. The van der Waals surface area contributed by atoms with Gasteiger partial charge in [-0.3, -0.25) is 4.99 Å². The first-order valence-corrected chi connectivity index (χ1v) is 8.93. The van der Waals surface area contributed by atoms with Crippen LogP contribution < -0.4 is 10.6 Å². The maximum absolute atomic E-state index is 4.43. The Labute approximate surface area is 154 Å². The first-order chi connectivity index (χ1) is 12.9. The van der Waals surface area contributed by atoms with E-state index in [0.717, 1.165) is 25.2 Å². The molecular weight excluding hydrogens is 320 g/mol. The molecule has 0 saturated heterocycles. The van der Waals surface area contributed by atoms with Gasteiger partial charge >= 0.3 is 0 Å². The van der Waals surface area contributed by atoms with Gasteiger partial charge in [0.15, 0.2) is 0 Å². The maximum Gasteiger partial charge on any atom is 0.110 e. The van der Waals surface area contributed by atoms with Crippen LogP contribution in [0.5, 0.6) is 0 Å². The normalized spacial score (nSPS) is 17.9. The summed E-state index contributed by atoms with van der Waals surface area (Å²) in [7, 11) is 0. The Morgan fingerprint density at radius 2 is 1.62 bits per heavy atom.